The molecule has 6 nitrogen and oxygen atoms in total. The number of pyridine rings is 1. The van der Waals surface area contributed by atoms with E-state index in [0.29, 0.717) is 0 Å². The van der Waals surface area contributed by atoms with Crippen LogP contribution in [0.5, 0.6) is 0 Å². The van der Waals surface area contributed by atoms with Crippen molar-refractivity contribution in [1.29, 1.82) is 0 Å². The minimum absolute atomic E-state index is 0.112. The lowest BCUT2D eigenvalue weighted by molar-refractivity contribution is -0.384. The van der Waals surface area contributed by atoms with Crippen LogP contribution in [0.2, 0.25) is 0 Å². The van der Waals surface area contributed by atoms with Crippen LogP contribution < -0.4 is 0 Å². The fourth-order valence-electron chi connectivity index (χ4n) is 3.29. The molecule has 0 unspecified atom stereocenters. The van der Waals surface area contributed by atoms with E-state index in [9.17, 15) is 10.1 Å². The predicted molar refractivity (Wildman–Crippen MR) is 97.8 cm³/mol. The van der Waals surface area contributed by atoms with Crippen molar-refractivity contribution in [3.05, 3.63) is 70.5 Å². The van der Waals surface area contributed by atoms with Crippen LogP contribution in [0.1, 0.15) is 12.0 Å². The van der Waals surface area contributed by atoms with E-state index in [1.54, 1.807) is 24.4 Å². The molecule has 3 aromatic rings. The molecule has 0 aliphatic carbocycles. The quantitative estimate of drug-likeness (QED) is 0.542. The summed E-state index contributed by atoms with van der Waals surface area (Å²) in [5.41, 5.74) is 3.33. The molecular weight excluding hydrogens is 316 g/mol. The molecule has 0 atom stereocenters. The Kier molecular flexibility index (Phi) is 3.82. The Balaban J connectivity index is 1.94. The van der Waals surface area contributed by atoms with Crippen molar-refractivity contribution in [2.45, 2.75) is 6.42 Å². The third kappa shape index (κ3) is 2.81. The van der Waals surface area contributed by atoms with E-state index in [0.717, 1.165) is 41.8 Å². The third-order valence-corrected chi connectivity index (χ3v) is 4.65. The molecule has 0 N–H and O–H groups in total. The van der Waals surface area contributed by atoms with E-state index in [-0.39, 0.29) is 10.6 Å². The van der Waals surface area contributed by atoms with E-state index in [1.807, 2.05) is 29.0 Å². The van der Waals surface area contributed by atoms with Crippen LogP contribution in [0.25, 0.3) is 22.3 Å². The van der Waals surface area contributed by atoms with Gasteiger partial charge in [-0.3, -0.25) is 10.1 Å². The van der Waals surface area contributed by atoms with Crippen LogP contribution in [-0.2, 0) is 0 Å². The number of nitro groups is 1. The van der Waals surface area contributed by atoms with Gasteiger partial charge in [0.25, 0.3) is 5.69 Å². The number of rotatable bonds is 3. The minimum atomic E-state index is -0.343. The van der Waals surface area contributed by atoms with Crippen LogP contribution in [0, 0.1) is 10.1 Å². The summed E-state index contributed by atoms with van der Waals surface area (Å²) >= 11 is 0. The zero-order chi connectivity index (χ0) is 17.4. The third-order valence-electron chi connectivity index (χ3n) is 4.65. The number of nitro benzene ring substituents is 1. The minimum Gasteiger partial charge on any atom is -0.302 e. The van der Waals surface area contributed by atoms with Crippen LogP contribution in [0.3, 0.4) is 0 Å². The van der Waals surface area contributed by atoms with Crippen molar-refractivity contribution in [2.75, 3.05) is 20.1 Å². The largest absolute Gasteiger partial charge is 0.302 e. The van der Waals surface area contributed by atoms with Crippen molar-refractivity contribution < 1.29 is 4.92 Å². The molecule has 0 amide bonds. The molecule has 126 valence electrons. The van der Waals surface area contributed by atoms with E-state index in [1.165, 1.54) is 5.57 Å². The maximum atomic E-state index is 11.2. The van der Waals surface area contributed by atoms with Crippen molar-refractivity contribution in [2.24, 2.45) is 0 Å². The zero-order valence-electron chi connectivity index (χ0n) is 13.9. The molecular formula is C19H18N4O2. The zero-order valence-corrected chi connectivity index (χ0v) is 13.9. The SMILES string of the molecule is CN1CC=C(c2cn(-c3ccccn3)c3ccc([N+](=O)[O-])cc23)CC1. The number of hydrogen-bond acceptors (Lipinski definition) is 4. The molecule has 3 heterocycles. The number of aromatic nitrogens is 2. The second kappa shape index (κ2) is 6.14. The topological polar surface area (TPSA) is 64.2 Å². The summed E-state index contributed by atoms with van der Waals surface area (Å²) in [6.07, 6.45) is 6.94. The first kappa shape index (κ1) is 15.5. The molecule has 0 spiro atoms. The molecule has 25 heavy (non-hydrogen) atoms. The Hall–Kier alpha value is -2.99. The lowest BCUT2D eigenvalue weighted by Crippen LogP contribution is -2.23. The lowest BCUT2D eigenvalue weighted by Gasteiger charge is -2.21. The molecule has 4 rings (SSSR count). The predicted octanol–water partition coefficient (Wildman–Crippen LogP) is 3.65. The Labute approximate surface area is 145 Å². The van der Waals surface area contributed by atoms with Gasteiger partial charge < -0.3 is 9.47 Å². The van der Waals surface area contributed by atoms with Gasteiger partial charge in [-0.05, 0) is 37.2 Å². The standard InChI is InChI=1S/C19H18N4O2/c1-21-10-7-14(8-11-21)17-13-22(19-4-2-3-9-20-19)18-6-5-15(23(24)25)12-16(17)18/h2-7,9,12-13H,8,10-11H2,1H3. The van der Waals surface area contributed by atoms with Gasteiger partial charge in [0.1, 0.15) is 5.82 Å². The maximum absolute atomic E-state index is 11.2. The first-order valence-electron chi connectivity index (χ1n) is 8.22. The lowest BCUT2D eigenvalue weighted by atomic mass is 9.99. The molecule has 0 radical (unpaired) electrons. The smallest absolute Gasteiger partial charge is 0.270 e. The van der Waals surface area contributed by atoms with Crippen molar-refractivity contribution in [3.8, 4) is 5.82 Å². The van der Waals surface area contributed by atoms with Crippen molar-refractivity contribution >= 4 is 22.2 Å². The first-order valence-corrected chi connectivity index (χ1v) is 8.22. The second-order valence-corrected chi connectivity index (χ2v) is 6.30. The average Bonchev–Trinajstić information content (AvgIpc) is 3.02. The summed E-state index contributed by atoms with van der Waals surface area (Å²) in [6, 6.07) is 10.8. The highest BCUT2D eigenvalue weighted by atomic mass is 16.6. The monoisotopic (exact) mass is 334 g/mol. The molecule has 0 bridgehead atoms. The second-order valence-electron chi connectivity index (χ2n) is 6.30. The molecule has 0 saturated heterocycles. The number of likely N-dealkylation sites (N-methyl/N-ethyl adjacent to an activating group) is 1. The summed E-state index contributed by atoms with van der Waals surface area (Å²) in [5, 5.41) is 12.1. The highest BCUT2D eigenvalue weighted by Crippen LogP contribution is 2.34. The first-order chi connectivity index (χ1) is 12.1. The summed E-state index contributed by atoms with van der Waals surface area (Å²) in [7, 11) is 2.09. The van der Waals surface area contributed by atoms with Crippen LogP contribution in [0.15, 0.2) is 54.9 Å². The molecule has 0 saturated carbocycles. The van der Waals surface area contributed by atoms with Gasteiger partial charge in [0.05, 0.1) is 10.4 Å². The van der Waals surface area contributed by atoms with Crippen LogP contribution >= 0.6 is 0 Å². The van der Waals surface area contributed by atoms with Gasteiger partial charge in [0.2, 0.25) is 0 Å². The van der Waals surface area contributed by atoms with Gasteiger partial charge in [-0.1, -0.05) is 12.1 Å². The molecule has 0 fully saturated rings. The molecule has 1 aliphatic heterocycles. The van der Waals surface area contributed by atoms with Crippen LogP contribution in [-0.4, -0.2) is 39.5 Å². The van der Waals surface area contributed by atoms with E-state index >= 15 is 0 Å². The normalized spacial score (nSPS) is 15.3. The number of nitrogens with zero attached hydrogens (tertiary/aromatic N) is 4. The highest BCUT2D eigenvalue weighted by Gasteiger charge is 2.19. The maximum Gasteiger partial charge on any atom is 0.270 e. The number of fused-ring (bicyclic) bond motifs is 1. The van der Waals surface area contributed by atoms with Gasteiger partial charge in [-0.25, -0.2) is 4.98 Å². The summed E-state index contributed by atoms with van der Waals surface area (Å²) in [4.78, 5) is 17.6. The fourth-order valence-corrected chi connectivity index (χ4v) is 3.29. The Morgan fingerprint density at radius 2 is 2.12 bits per heavy atom. The fraction of sp³-hybridized carbons (Fsp3) is 0.211. The average molecular weight is 334 g/mol. The van der Waals surface area contributed by atoms with Gasteiger partial charge >= 0.3 is 0 Å². The van der Waals surface area contributed by atoms with Crippen molar-refractivity contribution in [1.82, 2.24) is 14.5 Å². The number of hydrogen-bond donors (Lipinski definition) is 0. The number of non-ortho nitro benzene ring substituents is 1. The molecule has 2 aromatic heterocycles. The number of benzene rings is 1. The molecule has 1 aromatic carbocycles. The molecule has 1 aliphatic rings. The summed E-state index contributed by atoms with van der Waals surface area (Å²) < 4.78 is 2.01. The Morgan fingerprint density at radius 3 is 2.80 bits per heavy atom. The van der Waals surface area contributed by atoms with Gasteiger partial charge in [-0.2, -0.15) is 0 Å². The van der Waals surface area contributed by atoms with Crippen molar-refractivity contribution in [3.63, 3.8) is 0 Å². The van der Waals surface area contributed by atoms with Crippen LogP contribution in [0.4, 0.5) is 5.69 Å². The summed E-state index contributed by atoms with van der Waals surface area (Å²) in [6.45, 7) is 1.87. The van der Waals surface area contributed by atoms with E-state index in [2.05, 4.69) is 23.0 Å². The van der Waals surface area contributed by atoms with E-state index in [4.69, 9.17) is 0 Å². The Bertz CT molecular complexity index is 976. The van der Waals surface area contributed by atoms with Gasteiger partial charge in [0.15, 0.2) is 0 Å². The van der Waals surface area contributed by atoms with Gasteiger partial charge in [0, 0.05) is 48.6 Å². The highest BCUT2D eigenvalue weighted by molar-refractivity contribution is 5.95. The Morgan fingerprint density at radius 1 is 1.24 bits per heavy atom. The van der Waals surface area contributed by atoms with Gasteiger partial charge in [-0.15, -0.1) is 0 Å². The summed E-state index contributed by atoms with van der Waals surface area (Å²) in [5.74, 6) is 0.807. The molecule has 6 heteroatoms. The van der Waals surface area contributed by atoms with E-state index < -0.39 is 0 Å².